The SMILES string of the molecule is c1ccc(-c2ccc(N(c3ccc(-c4ccccc4)cc3)c3cccc4c3ccc3nc(-c5ccccc5)oc34)cc2)cc1. The molecule has 8 aromatic rings. The Kier molecular flexibility index (Phi) is 6.47. The van der Waals surface area contributed by atoms with Gasteiger partial charge in [0.15, 0.2) is 5.58 Å². The molecule has 208 valence electrons. The molecule has 0 bridgehead atoms. The van der Waals surface area contributed by atoms with Crippen LogP contribution in [0.25, 0.3) is 55.6 Å². The van der Waals surface area contributed by atoms with E-state index in [0.717, 1.165) is 44.5 Å². The van der Waals surface area contributed by atoms with Gasteiger partial charge in [0.2, 0.25) is 5.89 Å². The van der Waals surface area contributed by atoms with Crippen molar-refractivity contribution in [1.29, 1.82) is 0 Å². The Morgan fingerprint density at radius 2 is 0.886 bits per heavy atom. The van der Waals surface area contributed by atoms with Gasteiger partial charge in [0.25, 0.3) is 0 Å². The fraction of sp³-hybridized carbons (Fsp3) is 0. The third-order valence-electron chi connectivity index (χ3n) is 8.12. The standard InChI is InChI=1S/C41H28N2O/c1-4-11-29(12-5-1)31-19-23-34(24-20-31)43(35-25-21-32(22-26-35)30-13-6-2-7-14-30)39-18-10-17-37-36(39)27-28-38-40(37)44-41(42-38)33-15-8-3-9-16-33/h1-28H. The molecule has 0 spiro atoms. The van der Waals surface area contributed by atoms with Crippen LogP contribution in [0.3, 0.4) is 0 Å². The summed E-state index contributed by atoms with van der Waals surface area (Å²) in [6.07, 6.45) is 0. The van der Waals surface area contributed by atoms with Crippen molar-refractivity contribution in [2.45, 2.75) is 0 Å². The van der Waals surface area contributed by atoms with Crippen molar-refractivity contribution in [2.24, 2.45) is 0 Å². The van der Waals surface area contributed by atoms with E-state index >= 15 is 0 Å². The molecule has 1 aromatic heterocycles. The van der Waals surface area contributed by atoms with Crippen LogP contribution in [-0.4, -0.2) is 4.98 Å². The zero-order chi connectivity index (χ0) is 29.3. The van der Waals surface area contributed by atoms with Crippen molar-refractivity contribution in [2.75, 3.05) is 4.90 Å². The summed E-state index contributed by atoms with van der Waals surface area (Å²) in [4.78, 5) is 7.15. The van der Waals surface area contributed by atoms with Crippen LogP contribution in [0.2, 0.25) is 0 Å². The molecule has 0 fully saturated rings. The fourth-order valence-corrected chi connectivity index (χ4v) is 5.92. The van der Waals surface area contributed by atoms with Gasteiger partial charge in [-0.2, -0.15) is 0 Å². The van der Waals surface area contributed by atoms with Crippen LogP contribution >= 0.6 is 0 Å². The number of oxazole rings is 1. The molecule has 0 saturated heterocycles. The van der Waals surface area contributed by atoms with Gasteiger partial charge in [0, 0.05) is 27.7 Å². The van der Waals surface area contributed by atoms with Crippen molar-refractivity contribution < 1.29 is 4.42 Å². The van der Waals surface area contributed by atoms with E-state index in [2.05, 4.69) is 132 Å². The van der Waals surface area contributed by atoms with Crippen LogP contribution in [0.4, 0.5) is 17.1 Å². The van der Waals surface area contributed by atoms with Crippen molar-refractivity contribution in [3.8, 4) is 33.7 Å². The van der Waals surface area contributed by atoms with Gasteiger partial charge in [-0.3, -0.25) is 0 Å². The molecule has 44 heavy (non-hydrogen) atoms. The Hall–Kier alpha value is -5.93. The van der Waals surface area contributed by atoms with E-state index < -0.39 is 0 Å². The molecule has 1 heterocycles. The Morgan fingerprint density at radius 1 is 0.386 bits per heavy atom. The molecule has 0 atom stereocenters. The number of nitrogens with zero attached hydrogens (tertiary/aromatic N) is 2. The summed E-state index contributed by atoms with van der Waals surface area (Å²) in [6, 6.07) is 59.3. The predicted molar refractivity (Wildman–Crippen MR) is 183 cm³/mol. The van der Waals surface area contributed by atoms with Crippen molar-refractivity contribution in [1.82, 2.24) is 4.98 Å². The molecule has 3 heteroatoms. The predicted octanol–water partition coefficient (Wildman–Crippen LogP) is 11.5. The Balaban J connectivity index is 1.28. The number of hydrogen-bond donors (Lipinski definition) is 0. The first-order valence-corrected chi connectivity index (χ1v) is 14.8. The molecule has 0 unspecified atom stereocenters. The number of benzene rings is 7. The summed E-state index contributed by atoms with van der Waals surface area (Å²) in [7, 11) is 0. The van der Waals surface area contributed by atoms with E-state index in [0.29, 0.717) is 5.89 Å². The highest BCUT2D eigenvalue weighted by Crippen LogP contribution is 2.42. The zero-order valence-corrected chi connectivity index (χ0v) is 24.0. The quantitative estimate of drug-likeness (QED) is 0.201. The minimum Gasteiger partial charge on any atom is -0.435 e. The molecule has 0 aliphatic carbocycles. The second-order valence-corrected chi connectivity index (χ2v) is 10.8. The molecular formula is C41H28N2O. The van der Waals surface area contributed by atoms with Crippen molar-refractivity contribution in [3.63, 3.8) is 0 Å². The van der Waals surface area contributed by atoms with E-state index in [4.69, 9.17) is 9.40 Å². The maximum absolute atomic E-state index is 6.41. The highest BCUT2D eigenvalue weighted by molar-refractivity contribution is 6.10. The van der Waals surface area contributed by atoms with Gasteiger partial charge >= 0.3 is 0 Å². The molecule has 8 rings (SSSR count). The first-order chi connectivity index (χ1) is 21.8. The highest BCUT2D eigenvalue weighted by Gasteiger charge is 2.19. The number of hydrogen-bond acceptors (Lipinski definition) is 3. The summed E-state index contributed by atoms with van der Waals surface area (Å²) in [5, 5.41) is 2.12. The van der Waals surface area contributed by atoms with Crippen LogP contribution in [0.5, 0.6) is 0 Å². The number of fused-ring (bicyclic) bond motifs is 3. The Labute approximate surface area is 256 Å². The fourth-order valence-electron chi connectivity index (χ4n) is 5.92. The maximum Gasteiger partial charge on any atom is 0.227 e. The van der Waals surface area contributed by atoms with Gasteiger partial charge in [-0.15, -0.1) is 0 Å². The summed E-state index contributed by atoms with van der Waals surface area (Å²) in [5.41, 5.74) is 10.6. The van der Waals surface area contributed by atoms with Crippen LogP contribution < -0.4 is 4.90 Å². The second-order valence-electron chi connectivity index (χ2n) is 10.8. The average molecular weight is 565 g/mol. The van der Waals surface area contributed by atoms with Crippen molar-refractivity contribution >= 4 is 38.9 Å². The Morgan fingerprint density at radius 3 is 1.43 bits per heavy atom. The third kappa shape index (κ3) is 4.71. The molecule has 0 saturated carbocycles. The molecule has 3 nitrogen and oxygen atoms in total. The Bertz CT molecular complexity index is 2100. The van der Waals surface area contributed by atoms with E-state index in [9.17, 15) is 0 Å². The van der Waals surface area contributed by atoms with Crippen LogP contribution in [0.15, 0.2) is 174 Å². The number of rotatable bonds is 6. The third-order valence-corrected chi connectivity index (χ3v) is 8.12. The van der Waals surface area contributed by atoms with Gasteiger partial charge in [0.05, 0.1) is 5.69 Å². The maximum atomic E-state index is 6.41. The van der Waals surface area contributed by atoms with E-state index in [1.165, 1.54) is 22.3 Å². The van der Waals surface area contributed by atoms with Crippen LogP contribution in [0, 0.1) is 0 Å². The largest absolute Gasteiger partial charge is 0.435 e. The first-order valence-electron chi connectivity index (χ1n) is 14.8. The molecule has 0 aliphatic heterocycles. The summed E-state index contributed by atoms with van der Waals surface area (Å²) >= 11 is 0. The highest BCUT2D eigenvalue weighted by atomic mass is 16.3. The minimum atomic E-state index is 0.628. The normalized spacial score (nSPS) is 11.2. The van der Waals surface area contributed by atoms with Gasteiger partial charge in [0.1, 0.15) is 5.52 Å². The molecule has 0 amide bonds. The molecule has 0 aliphatic rings. The lowest BCUT2D eigenvalue weighted by Gasteiger charge is -2.27. The summed E-state index contributed by atoms with van der Waals surface area (Å²) in [5.74, 6) is 0.628. The lowest BCUT2D eigenvalue weighted by atomic mass is 10.0. The van der Waals surface area contributed by atoms with Gasteiger partial charge in [-0.1, -0.05) is 115 Å². The van der Waals surface area contributed by atoms with E-state index in [1.807, 2.05) is 42.5 Å². The van der Waals surface area contributed by atoms with E-state index in [-0.39, 0.29) is 0 Å². The average Bonchev–Trinajstić information content (AvgIpc) is 3.56. The monoisotopic (exact) mass is 564 g/mol. The van der Waals surface area contributed by atoms with Gasteiger partial charge in [-0.25, -0.2) is 4.98 Å². The van der Waals surface area contributed by atoms with Gasteiger partial charge < -0.3 is 9.32 Å². The van der Waals surface area contributed by atoms with Crippen molar-refractivity contribution in [3.05, 3.63) is 170 Å². The second kappa shape index (κ2) is 11.0. The topological polar surface area (TPSA) is 29.3 Å². The smallest absolute Gasteiger partial charge is 0.227 e. The summed E-state index contributed by atoms with van der Waals surface area (Å²) < 4.78 is 6.41. The minimum absolute atomic E-state index is 0.628. The molecule has 0 radical (unpaired) electrons. The molecular weight excluding hydrogens is 536 g/mol. The van der Waals surface area contributed by atoms with Crippen LogP contribution in [0.1, 0.15) is 0 Å². The lowest BCUT2D eigenvalue weighted by Crippen LogP contribution is -2.10. The first kappa shape index (κ1) is 25.8. The number of anilines is 3. The molecule has 7 aromatic carbocycles. The summed E-state index contributed by atoms with van der Waals surface area (Å²) in [6.45, 7) is 0. The molecule has 0 N–H and O–H groups in total. The zero-order valence-electron chi connectivity index (χ0n) is 24.0. The lowest BCUT2D eigenvalue weighted by molar-refractivity contribution is 0.623. The number of aromatic nitrogens is 1. The van der Waals surface area contributed by atoms with Crippen LogP contribution in [-0.2, 0) is 0 Å². The van der Waals surface area contributed by atoms with Gasteiger partial charge in [-0.05, 0) is 76.9 Å². The van der Waals surface area contributed by atoms with E-state index in [1.54, 1.807) is 0 Å².